The van der Waals surface area contributed by atoms with E-state index in [1.165, 1.54) is 0 Å². The lowest BCUT2D eigenvalue weighted by Crippen LogP contribution is -2.23. The van der Waals surface area contributed by atoms with Gasteiger partial charge in [-0.05, 0) is 30.2 Å². The monoisotopic (exact) mass is 275 g/mol. The summed E-state index contributed by atoms with van der Waals surface area (Å²) in [6.07, 6.45) is 0.487. The van der Waals surface area contributed by atoms with Crippen molar-refractivity contribution in [1.29, 1.82) is 0 Å². The highest BCUT2D eigenvalue weighted by atomic mass is 19.2. The standard InChI is InChI=1S/C17H19F2N/c1-2-20-12-15(13-7-4-3-5-8-13)11-14-9-6-10-16(18)17(14)19/h3-10,15,20H,2,11-12H2,1H3. The van der Waals surface area contributed by atoms with Crippen LogP contribution in [-0.2, 0) is 6.42 Å². The van der Waals surface area contributed by atoms with Crippen molar-refractivity contribution in [3.8, 4) is 0 Å². The smallest absolute Gasteiger partial charge is 0.162 e. The first-order valence-corrected chi connectivity index (χ1v) is 6.91. The predicted octanol–water partition coefficient (Wildman–Crippen LogP) is 3.90. The summed E-state index contributed by atoms with van der Waals surface area (Å²) in [4.78, 5) is 0. The quantitative estimate of drug-likeness (QED) is 0.843. The molecule has 2 rings (SSSR count). The fourth-order valence-electron chi connectivity index (χ4n) is 2.32. The number of nitrogens with one attached hydrogen (secondary N) is 1. The van der Waals surface area contributed by atoms with Crippen molar-refractivity contribution in [3.63, 3.8) is 0 Å². The molecule has 1 atom stereocenters. The number of rotatable bonds is 6. The highest BCUT2D eigenvalue weighted by Crippen LogP contribution is 2.23. The van der Waals surface area contributed by atoms with Gasteiger partial charge in [-0.1, -0.05) is 49.4 Å². The summed E-state index contributed by atoms with van der Waals surface area (Å²) < 4.78 is 27.1. The van der Waals surface area contributed by atoms with Crippen LogP contribution in [0.25, 0.3) is 0 Å². The van der Waals surface area contributed by atoms with E-state index >= 15 is 0 Å². The van der Waals surface area contributed by atoms with Gasteiger partial charge in [0.15, 0.2) is 11.6 Å². The lowest BCUT2D eigenvalue weighted by molar-refractivity contribution is 0.490. The molecule has 0 fully saturated rings. The van der Waals surface area contributed by atoms with Crippen LogP contribution in [0.2, 0.25) is 0 Å². The maximum atomic E-state index is 13.8. The summed E-state index contributed by atoms with van der Waals surface area (Å²) in [5.41, 5.74) is 1.56. The van der Waals surface area contributed by atoms with Crippen LogP contribution < -0.4 is 5.32 Å². The van der Waals surface area contributed by atoms with Gasteiger partial charge in [0, 0.05) is 12.5 Å². The molecule has 0 bridgehead atoms. The molecule has 0 aliphatic carbocycles. The first kappa shape index (κ1) is 14.7. The maximum absolute atomic E-state index is 13.8. The van der Waals surface area contributed by atoms with Crippen LogP contribution in [0.5, 0.6) is 0 Å². The average molecular weight is 275 g/mol. The van der Waals surface area contributed by atoms with Crippen LogP contribution in [0.1, 0.15) is 24.0 Å². The summed E-state index contributed by atoms with van der Waals surface area (Å²) in [7, 11) is 0. The molecule has 0 spiro atoms. The zero-order chi connectivity index (χ0) is 14.4. The van der Waals surface area contributed by atoms with E-state index in [9.17, 15) is 8.78 Å². The second-order valence-corrected chi connectivity index (χ2v) is 4.83. The van der Waals surface area contributed by atoms with Crippen molar-refractivity contribution in [3.05, 3.63) is 71.3 Å². The van der Waals surface area contributed by atoms with E-state index in [0.717, 1.165) is 24.7 Å². The van der Waals surface area contributed by atoms with Crippen LogP contribution in [0.4, 0.5) is 8.78 Å². The second-order valence-electron chi connectivity index (χ2n) is 4.83. The van der Waals surface area contributed by atoms with E-state index in [-0.39, 0.29) is 5.92 Å². The Labute approximate surface area is 118 Å². The molecule has 0 aliphatic heterocycles. The Balaban J connectivity index is 2.21. The lowest BCUT2D eigenvalue weighted by Gasteiger charge is -2.18. The van der Waals surface area contributed by atoms with E-state index in [1.807, 2.05) is 37.3 Å². The molecule has 0 heterocycles. The highest BCUT2D eigenvalue weighted by molar-refractivity contribution is 5.26. The van der Waals surface area contributed by atoms with Crippen molar-refractivity contribution in [2.45, 2.75) is 19.3 Å². The first-order valence-electron chi connectivity index (χ1n) is 6.91. The summed E-state index contributed by atoms with van der Waals surface area (Å²) in [6, 6.07) is 14.3. The minimum atomic E-state index is -0.780. The molecule has 1 unspecified atom stereocenters. The van der Waals surface area contributed by atoms with Gasteiger partial charge in [0.1, 0.15) is 0 Å². The summed E-state index contributed by atoms with van der Waals surface area (Å²) >= 11 is 0. The van der Waals surface area contributed by atoms with E-state index in [4.69, 9.17) is 0 Å². The van der Waals surface area contributed by atoms with Gasteiger partial charge >= 0.3 is 0 Å². The van der Waals surface area contributed by atoms with Crippen LogP contribution >= 0.6 is 0 Å². The number of hydrogen-bond donors (Lipinski definition) is 1. The minimum Gasteiger partial charge on any atom is -0.316 e. The minimum absolute atomic E-state index is 0.132. The molecular formula is C17H19F2N. The number of halogens is 2. The van der Waals surface area contributed by atoms with E-state index in [0.29, 0.717) is 12.0 Å². The zero-order valence-corrected chi connectivity index (χ0v) is 11.6. The summed E-state index contributed by atoms with van der Waals surface area (Å²) in [6.45, 7) is 3.64. The van der Waals surface area contributed by atoms with Crippen molar-refractivity contribution in [2.24, 2.45) is 0 Å². The Morgan fingerprint density at radius 1 is 1.00 bits per heavy atom. The van der Waals surface area contributed by atoms with E-state index < -0.39 is 11.6 Å². The fraction of sp³-hybridized carbons (Fsp3) is 0.294. The molecule has 0 aliphatic rings. The molecule has 1 N–H and O–H groups in total. The highest BCUT2D eigenvalue weighted by Gasteiger charge is 2.15. The predicted molar refractivity (Wildman–Crippen MR) is 77.8 cm³/mol. The third kappa shape index (κ3) is 3.64. The van der Waals surface area contributed by atoms with Gasteiger partial charge in [0.25, 0.3) is 0 Å². The van der Waals surface area contributed by atoms with Gasteiger partial charge in [-0.3, -0.25) is 0 Å². The Morgan fingerprint density at radius 2 is 1.75 bits per heavy atom. The van der Waals surface area contributed by atoms with Gasteiger partial charge in [-0.2, -0.15) is 0 Å². The SMILES string of the molecule is CCNCC(Cc1cccc(F)c1F)c1ccccc1. The van der Waals surface area contributed by atoms with Crippen LogP contribution in [-0.4, -0.2) is 13.1 Å². The van der Waals surface area contributed by atoms with E-state index in [2.05, 4.69) is 5.32 Å². The number of hydrogen-bond acceptors (Lipinski definition) is 1. The Hall–Kier alpha value is -1.74. The number of benzene rings is 2. The molecule has 2 aromatic rings. The number of likely N-dealkylation sites (N-methyl/N-ethyl adjacent to an activating group) is 1. The van der Waals surface area contributed by atoms with Crippen molar-refractivity contribution < 1.29 is 8.78 Å². The Bertz CT molecular complexity index is 540. The molecule has 1 nitrogen and oxygen atoms in total. The van der Waals surface area contributed by atoms with Crippen molar-refractivity contribution in [2.75, 3.05) is 13.1 Å². The van der Waals surface area contributed by atoms with Crippen LogP contribution in [0.3, 0.4) is 0 Å². The largest absolute Gasteiger partial charge is 0.316 e. The molecule has 0 radical (unpaired) electrons. The molecule has 20 heavy (non-hydrogen) atoms. The normalized spacial score (nSPS) is 12.3. The van der Waals surface area contributed by atoms with Crippen molar-refractivity contribution >= 4 is 0 Å². The summed E-state index contributed by atoms with van der Waals surface area (Å²) in [5, 5.41) is 3.28. The molecule has 0 aromatic heterocycles. The van der Waals surface area contributed by atoms with E-state index in [1.54, 1.807) is 12.1 Å². The van der Waals surface area contributed by atoms with Crippen LogP contribution in [0.15, 0.2) is 48.5 Å². The molecular weight excluding hydrogens is 256 g/mol. The lowest BCUT2D eigenvalue weighted by atomic mass is 9.91. The summed E-state index contributed by atoms with van der Waals surface area (Å²) in [5.74, 6) is -1.38. The first-order chi connectivity index (χ1) is 9.72. The third-order valence-corrected chi connectivity index (χ3v) is 3.41. The Kier molecular flexibility index (Phi) is 5.24. The van der Waals surface area contributed by atoms with Crippen LogP contribution in [0, 0.1) is 11.6 Å². The molecule has 0 amide bonds. The Morgan fingerprint density at radius 3 is 2.45 bits per heavy atom. The van der Waals surface area contributed by atoms with Gasteiger partial charge in [0.2, 0.25) is 0 Å². The van der Waals surface area contributed by atoms with Gasteiger partial charge < -0.3 is 5.32 Å². The molecule has 3 heteroatoms. The van der Waals surface area contributed by atoms with Gasteiger partial charge in [-0.15, -0.1) is 0 Å². The van der Waals surface area contributed by atoms with Crippen molar-refractivity contribution in [1.82, 2.24) is 5.32 Å². The molecule has 106 valence electrons. The average Bonchev–Trinajstić information content (AvgIpc) is 2.48. The molecule has 0 saturated heterocycles. The van der Waals surface area contributed by atoms with Gasteiger partial charge in [0.05, 0.1) is 0 Å². The third-order valence-electron chi connectivity index (χ3n) is 3.41. The fourth-order valence-corrected chi connectivity index (χ4v) is 2.32. The second kappa shape index (κ2) is 7.15. The maximum Gasteiger partial charge on any atom is 0.162 e. The zero-order valence-electron chi connectivity index (χ0n) is 11.6. The molecule has 0 saturated carbocycles. The van der Waals surface area contributed by atoms with Gasteiger partial charge in [-0.25, -0.2) is 8.78 Å². The molecule has 2 aromatic carbocycles. The topological polar surface area (TPSA) is 12.0 Å².